The van der Waals surface area contributed by atoms with Gasteiger partial charge in [0, 0.05) is 16.9 Å². The number of nitrogens with zero attached hydrogens (tertiary/aromatic N) is 4. The number of aliphatic hydroxyl groups excluding tert-OH is 1. The van der Waals surface area contributed by atoms with Crippen LogP contribution in [-0.2, 0) is 5.75 Å². The number of rotatable bonds is 8. The average Bonchev–Trinajstić information content (AvgIpc) is 3.34. The summed E-state index contributed by atoms with van der Waals surface area (Å²) in [6.45, 7) is 1.92. The van der Waals surface area contributed by atoms with Gasteiger partial charge >= 0.3 is 0 Å². The summed E-state index contributed by atoms with van der Waals surface area (Å²) < 4.78 is 11.4. The standard InChI is InChI=1S/C30H23N5O3S/c1-18-26(34-29(38-18)22-7-6-19-4-2-3-5-21(19)14-22)17-39-30-25(16-32)27(24(15-31)28(33)35-30)20-8-10-23(11-9-20)37-13-12-36/h2-11,14,36H,12-13,17H2,1H3,(H2,33,35). The number of pyridine rings is 1. The zero-order valence-corrected chi connectivity index (χ0v) is 21.8. The van der Waals surface area contributed by atoms with Crippen LogP contribution in [0, 0.1) is 29.6 Å². The topological polar surface area (TPSA) is 142 Å². The van der Waals surface area contributed by atoms with Crippen molar-refractivity contribution in [2.45, 2.75) is 17.7 Å². The molecule has 0 unspecified atom stereocenters. The maximum Gasteiger partial charge on any atom is 0.226 e. The molecule has 0 amide bonds. The number of oxazole rings is 1. The number of aryl methyl sites for hydroxylation is 1. The zero-order chi connectivity index (χ0) is 27.4. The predicted molar refractivity (Wildman–Crippen MR) is 150 cm³/mol. The van der Waals surface area contributed by atoms with E-state index in [0.717, 1.165) is 22.0 Å². The van der Waals surface area contributed by atoms with Gasteiger partial charge in [-0.1, -0.05) is 54.2 Å². The first-order chi connectivity index (χ1) is 19.0. The molecule has 3 aromatic carbocycles. The number of anilines is 1. The molecule has 9 heteroatoms. The van der Waals surface area contributed by atoms with Crippen LogP contribution in [0.1, 0.15) is 22.6 Å². The first kappa shape index (κ1) is 25.8. The molecule has 0 aliphatic rings. The second-order valence-corrected chi connectivity index (χ2v) is 9.58. The van der Waals surface area contributed by atoms with Crippen LogP contribution in [0.5, 0.6) is 5.75 Å². The summed E-state index contributed by atoms with van der Waals surface area (Å²) in [5.74, 6) is 2.19. The van der Waals surface area contributed by atoms with Gasteiger partial charge in [-0.15, -0.1) is 0 Å². The lowest BCUT2D eigenvalue weighted by Crippen LogP contribution is -2.04. The molecule has 0 aliphatic carbocycles. The Morgan fingerprint density at radius 2 is 1.67 bits per heavy atom. The Bertz CT molecular complexity index is 1750. The molecule has 2 heterocycles. The molecule has 5 aromatic rings. The summed E-state index contributed by atoms with van der Waals surface area (Å²) in [7, 11) is 0. The van der Waals surface area contributed by atoms with Gasteiger partial charge in [0.05, 0.1) is 17.9 Å². The van der Waals surface area contributed by atoms with Crippen molar-refractivity contribution in [3.05, 3.63) is 89.3 Å². The Hall–Kier alpha value is -4.83. The number of ether oxygens (including phenoxy) is 1. The van der Waals surface area contributed by atoms with Crippen molar-refractivity contribution < 1.29 is 14.3 Å². The summed E-state index contributed by atoms with van der Waals surface area (Å²) in [6, 6.07) is 25.4. The predicted octanol–water partition coefficient (Wildman–Crippen LogP) is 5.85. The molecular formula is C30H23N5O3S. The van der Waals surface area contributed by atoms with Gasteiger partial charge in [0.15, 0.2) is 0 Å². The van der Waals surface area contributed by atoms with Crippen LogP contribution < -0.4 is 10.5 Å². The SMILES string of the molecule is Cc1oc(-c2ccc3ccccc3c2)nc1CSc1nc(N)c(C#N)c(-c2ccc(OCCO)cc2)c1C#N. The van der Waals surface area contributed by atoms with Gasteiger partial charge in [0.25, 0.3) is 0 Å². The van der Waals surface area contributed by atoms with Crippen molar-refractivity contribution in [3.63, 3.8) is 0 Å². The van der Waals surface area contributed by atoms with Crippen LogP contribution in [0.4, 0.5) is 5.82 Å². The summed E-state index contributed by atoms with van der Waals surface area (Å²) in [5.41, 5.74) is 9.21. The van der Waals surface area contributed by atoms with Gasteiger partial charge in [-0.2, -0.15) is 10.5 Å². The number of nitrogens with two attached hydrogens (primary N) is 1. The Labute approximate surface area is 229 Å². The van der Waals surface area contributed by atoms with E-state index in [1.54, 1.807) is 24.3 Å². The Kier molecular flexibility index (Phi) is 7.46. The van der Waals surface area contributed by atoms with Gasteiger partial charge in [-0.05, 0) is 47.5 Å². The Balaban J connectivity index is 1.45. The van der Waals surface area contributed by atoms with Gasteiger partial charge in [0.2, 0.25) is 5.89 Å². The van der Waals surface area contributed by atoms with Crippen molar-refractivity contribution in [3.8, 4) is 40.5 Å². The third-order valence-electron chi connectivity index (χ3n) is 6.15. The average molecular weight is 534 g/mol. The van der Waals surface area contributed by atoms with E-state index in [1.807, 2.05) is 43.3 Å². The number of nitriles is 2. The monoisotopic (exact) mass is 533 g/mol. The minimum Gasteiger partial charge on any atom is -0.491 e. The van der Waals surface area contributed by atoms with Crippen molar-refractivity contribution in [1.29, 1.82) is 10.5 Å². The van der Waals surface area contributed by atoms with E-state index in [0.29, 0.717) is 39.3 Å². The molecule has 3 N–H and O–H groups in total. The van der Waals surface area contributed by atoms with Gasteiger partial charge in [-0.3, -0.25) is 0 Å². The summed E-state index contributed by atoms with van der Waals surface area (Å²) in [6.07, 6.45) is 0. The second-order valence-electron chi connectivity index (χ2n) is 8.62. The molecule has 0 aliphatic heterocycles. The normalized spacial score (nSPS) is 10.8. The fourth-order valence-corrected chi connectivity index (χ4v) is 5.21. The van der Waals surface area contributed by atoms with Crippen molar-refractivity contribution >= 4 is 28.4 Å². The Morgan fingerprint density at radius 1 is 0.949 bits per heavy atom. The van der Waals surface area contributed by atoms with Crippen molar-refractivity contribution in [1.82, 2.24) is 9.97 Å². The van der Waals surface area contributed by atoms with Gasteiger partial charge < -0.3 is 20.0 Å². The molecule has 0 radical (unpaired) electrons. The Morgan fingerprint density at radius 3 is 2.38 bits per heavy atom. The van der Waals surface area contributed by atoms with E-state index < -0.39 is 0 Å². The van der Waals surface area contributed by atoms with Crippen LogP contribution >= 0.6 is 11.8 Å². The van der Waals surface area contributed by atoms with Gasteiger partial charge in [0.1, 0.15) is 46.7 Å². The van der Waals surface area contributed by atoms with Gasteiger partial charge in [-0.25, -0.2) is 9.97 Å². The summed E-state index contributed by atoms with van der Waals surface area (Å²) in [4.78, 5) is 9.10. The molecule has 0 fully saturated rings. The third-order valence-corrected chi connectivity index (χ3v) is 7.14. The third kappa shape index (κ3) is 5.27. The zero-order valence-electron chi connectivity index (χ0n) is 21.0. The highest BCUT2D eigenvalue weighted by Gasteiger charge is 2.22. The quantitative estimate of drug-likeness (QED) is 0.235. The molecule has 0 saturated carbocycles. The number of aromatic nitrogens is 2. The number of nitrogen functional groups attached to an aromatic ring is 1. The van der Waals surface area contributed by atoms with E-state index in [4.69, 9.17) is 25.0 Å². The number of hydrogen-bond donors (Lipinski definition) is 2. The van der Waals surface area contributed by atoms with Crippen molar-refractivity contribution in [2.24, 2.45) is 0 Å². The molecule has 5 rings (SSSR count). The first-order valence-corrected chi connectivity index (χ1v) is 13.1. The maximum atomic E-state index is 10.1. The number of aliphatic hydroxyl groups is 1. The van der Waals surface area contributed by atoms with E-state index in [1.165, 1.54) is 11.8 Å². The number of fused-ring (bicyclic) bond motifs is 1. The number of thioether (sulfide) groups is 1. The van der Waals surface area contributed by atoms with Crippen molar-refractivity contribution in [2.75, 3.05) is 18.9 Å². The highest BCUT2D eigenvalue weighted by molar-refractivity contribution is 7.98. The molecule has 0 atom stereocenters. The molecular weight excluding hydrogens is 510 g/mol. The lowest BCUT2D eigenvalue weighted by atomic mass is 9.97. The van der Waals surface area contributed by atoms with Crippen LogP contribution in [-0.4, -0.2) is 28.3 Å². The second kappa shape index (κ2) is 11.3. The lowest BCUT2D eigenvalue weighted by molar-refractivity contribution is 0.201. The molecule has 0 saturated heterocycles. The molecule has 0 spiro atoms. The van der Waals surface area contributed by atoms with E-state index in [2.05, 4.69) is 23.2 Å². The number of hydrogen-bond acceptors (Lipinski definition) is 9. The minimum absolute atomic E-state index is 0.0448. The molecule has 192 valence electrons. The van der Waals surface area contributed by atoms with Crippen LogP contribution in [0.25, 0.3) is 33.4 Å². The molecule has 2 aromatic heterocycles. The van der Waals surface area contributed by atoms with Crippen LogP contribution in [0.2, 0.25) is 0 Å². The highest BCUT2D eigenvalue weighted by atomic mass is 32.2. The lowest BCUT2D eigenvalue weighted by Gasteiger charge is -2.13. The molecule has 8 nitrogen and oxygen atoms in total. The minimum atomic E-state index is -0.102. The van der Waals surface area contributed by atoms with E-state index in [-0.39, 0.29) is 30.2 Å². The molecule has 0 bridgehead atoms. The fourth-order valence-electron chi connectivity index (χ4n) is 4.22. The summed E-state index contributed by atoms with van der Waals surface area (Å²) >= 11 is 1.31. The fraction of sp³-hybridized carbons (Fsp3) is 0.133. The maximum absolute atomic E-state index is 10.1. The molecule has 39 heavy (non-hydrogen) atoms. The number of benzene rings is 3. The van der Waals surface area contributed by atoms with Crippen LogP contribution in [0.15, 0.2) is 76.2 Å². The largest absolute Gasteiger partial charge is 0.491 e. The first-order valence-electron chi connectivity index (χ1n) is 12.1. The highest BCUT2D eigenvalue weighted by Crippen LogP contribution is 2.37. The van der Waals surface area contributed by atoms with E-state index in [9.17, 15) is 10.5 Å². The smallest absolute Gasteiger partial charge is 0.226 e. The van der Waals surface area contributed by atoms with E-state index >= 15 is 0 Å². The summed E-state index contributed by atoms with van der Waals surface area (Å²) in [5, 5.41) is 31.5. The van der Waals surface area contributed by atoms with Crippen LogP contribution in [0.3, 0.4) is 0 Å².